The van der Waals surface area contributed by atoms with Gasteiger partial charge in [-0.2, -0.15) is 0 Å². The van der Waals surface area contributed by atoms with Gasteiger partial charge in [0.1, 0.15) is 5.60 Å². The molecule has 2 aliphatic rings. The molecule has 1 saturated carbocycles. The van der Waals surface area contributed by atoms with Crippen molar-refractivity contribution < 1.29 is 15.0 Å². The lowest BCUT2D eigenvalue weighted by Crippen LogP contribution is -2.48. The number of aromatic nitrogens is 2. The van der Waals surface area contributed by atoms with Gasteiger partial charge in [-0.1, -0.05) is 19.3 Å². The van der Waals surface area contributed by atoms with E-state index in [2.05, 4.69) is 9.97 Å². The normalized spacial score (nSPS) is 25.8. The van der Waals surface area contributed by atoms with Gasteiger partial charge in [-0.15, -0.1) is 0 Å². The largest absolute Gasteiger partial charge is 0.389 e. The molecule has 1 aromatic heterocycles. The molecule has 0 radical (unpaired) electrons. The molecule has 0 aromatic carbocycles. The molecule has 2 N–H and O–H groups in total. The Bertz CT molecular complexity index is 591. The molecule has 2 fully saturated rings. The Morgan fingerprint density at radius 1 is 1.16 bits per heavy atom. The van der Waals surface area contributed by atoms with Gasteiger partial charge < -0.3 is 20.0 Å². The molecule has 2 heterocycles. The average molecular weight is 348 g/mol. The highest BCUT2D eigenvalue weighted by Gasteiger charge is 2.40. The zero-order valence-electron chi connectivity index (χ0n) is 14.9. The summed E-state index contributed by atoms with van der Waals surface area (Å²) < 4.78 is 0. The molecule has 1 aliphatic heterocycles. The fourth-order valence-electron chi connectivity index (χ4n) is 3.94. The van der Waals surface area contributed by atoms with Crippen LogP contribution >= 0.6 is 0 Å². The predicted octanol–water partition coefficient (Wildman–Crippen LogP) is 0.961. The Hall–Kier alpha value is -1.73. The second kappa shape index (κ2) is 7.25. The fraction of sp³-hybridized carbons (Fsp3) is 0.722. The van der Waals surface area contributed by atoms with Gasteiger partial charge in [0.25, 0.3) is 0 Å². The van der Waals surface area contributed by atoms with E-state index in [9.17, 15) is 15.0 Å². The van der Waals surface area contributed by atoms with Crippen LogP contribution in [-0.4, -0.2) is 68.9 Å². The number of aliphatic hydroxyl groups is 2. The smallest absolute Gasteiger partial charge is 0.225 e. The van der Waals surface area contributed by atoms with Crippen LogP contribution in [0.25, 0.3) is 0 Å². The molecule has 1 saturated heterocycles. The summed E-state index contributed by atoms with van der Waals surface area (Å²) in [5, 5.41) is 21.4. The Kier molecular flexibility index (Phi) is 5.24. The molecule has 138 valence electrons. The molecule has 1 unspecified atom stereocenters. The molecular weight excluding hydrogens is 320 g/mol. The summed E-state index contributed by atoms with van der Waals surface area (Å²) in [5.74, 6) is 0.496. The third kappa shape index (κ3) is 4.46. The number of likely N-dealkylation sites (N-methyl/N-ethyl adjacent to an activating group) is 1. The quantitative estimate of drug-likeness (QED) is 0.824. The molecule has 0 bridgehead atoms. The van der Waals surface area contributed by atoms with Gasteiger partial charge in [0.05, 0.1) is 25.1 Å². The number of rotatable bonds is 5. The van der Waals surface area contributed by atoms with E-state index < -0.39 is 11.2 Å². The van der Waals surface area contributed by atoms with Crippen LogP contribution in [0.1, 0.15) is 44.9 Å². The first-order valence-electron chi connectivity index (χ1n) is 9.10. The topological polar surface area (TPSA) is 89.8 Å². The highest BCUT2D eigenvalue weighted by atomic mass is 16.3. The highest BCUT2D eigenvalue weighted by Crippen LogP contribution is 2.32. The van der Waals surface area contributed by atoms with Crippen molar-refractivity contribution >= 4 is 11.9 Å². The van der Waals surface area contributed by atoms with E-state index >= 15 is 0 Å². The molecule has 25 heavy (non-hydrogen) atoms. The van der Waals surface area contributed by atoms with Crippen molar-refractivity contribution in [3.05, 3.63) is 18.5 Å². The number of nitrogens with zero attached hydrogens (tertiary/aromatic N) is 4. The Labute approximate surface area is 148 Å². The van der Waals surface area contributed by atoms with Crippen LogP contribution in [0.15, 0.2) is 18.5 Å². The third-order valence-corrected chi connectivity index (χ3v) is 5.39. The zero-order chi connectivity index (χ0) is 17.9. The van der Waals surface area contributed by atoms with Crippen molar-refractivity contribution in [1.82, 2.24) is 14.9 Å². The van der Waals surface area contributed by atoms with Crippen molar-refractivity contribution in [1.29, 1.82) is 0 Å². The number of carbonyl (C=O) groups is 1. The lowest BCUT2D eigenvalue weighted by Gasteiger charge is -2.34. The van der Waals surface area contributed by atoms with E-state index in [0.29, 0.717) is 38.3 Å². The summed E-state index contributed by atoms with van der Waals surface area (Å²) in [7, 11) is 1.70. The van der Waals surface area contributed by atoms with E-state index in [1.165, 1.54) is 0 Å². The molecule has 0 spiro atoms. The van der Waals surface area contributed by atoms with Gasteiger partial charge in [-0.05, 0) is 25.3 Å². The monoisotopic (exact) mass is 348 g/mol. The van der Waals surface area contributed by atoms with Crippen LogP contribution in [0, 0.1) is 0 Å². The second-order valence-corrected chi connectivity index (χ2v) is 7.66. The second-order valence-electron chi connectivity index (χ2n) is 7.66. The highest BCUT2D eigenvalue weighted by molar-refractivity contribution is 5.77. The average Bonchev–Trinajstić information content (AvgIpc) is 2.98. The minimum Gasteiger partial charge on any atom is -0.389 e. The number of carbonyl (C=O) groups excluding carboxylic acids is 1. The maximum absolute atomic E-state index is 12.5. The number of β-amino-alcohol motifs (C(OH)–C–C–N with tert-alkyl or cyclic N) is 1. The summed E-state index contributed by atoms with van der Waals surface area (Å²) in [6, 6.07) is 1.76. The first-order valence-corrected chi connectivity index (χ1v) is 9.10. The number of hydrogen-bond donors (Lipinski definition) is 2. The standard InChI is InChI=1S/C18H28N4O3/c1-21(15(23)12-17(24)6-3-2-4-7-17)13-18(25)8-11-22(14-18)16-19-9-5-10-20-16/h5,9-10,24-25H,2-4,6-8,11-14H2,1H3. The van der Waals surface area contributed by atoms with Crippen LogP contribution in [0.3, 0.4) is 0 Å². The van der Waals surface area contributed by atoms with E-state index in [1.807, 2.05) is 4.90 Å². The Morgan fingerprint density at radius 2 is 1.84 bits per heavy atom. The van der Waals surface area contributed by atoms with E-state index in [1.54, 1.807) is 30.4 Å². The van der Waals surface area contributed by atoms with Crippen LogP contribution < -0.4 is 4.90 Å². The van der Waals surface area contributed by atoms with Gasteiger partial charge in [0, 0.05) is 26.0 Å². The maximum atomic E-state index is 12.5. The summed E-state index contributed by atoms with van der Waals surface area (Å²) in [6.45, 7) is 1.32. The van der Waals surface area contributed by atoms with Crippen LogP contribution in [-0.2, 0) is 4.79 Å². The Balaban J connectivity index is 1.55. The molecule has 1 aromatic rings. The lowest BCUT2D eigenvalue weighted by molar-refractivity contribution is -0.139. The number of anilines is 1. The minimum atomic E-state index is -0.973. The molecular formula is C18H28N4O3. The Morgan fingerprint density at radius 3 is 2.52 bits per heavy atom. The van der Waals surface area contributed by atoms with Gasteiger partial charge in [-0.25, -0.2) is 9.97 Å². The molecule has 7 heteroatoms. The van der Waals surface area contributed by atoms with Crippen LogP contribution in [0.5, 0.6) is 0 Å². The van der Waals surface area contributed by atoms with Crippen molar-refractivity contribution in [2.24, 2.45) is 0 Å². The van der Waals surface area contributed by atoms with Crippen LogP contribution in [0.4, 0.5) is 5.95 Å². The van der Waals surface area contributed by atoms with Gasteiger partial charge in [0.15, 0.2) is 0 Å². The summed E-state index contributed by atoms with van der Waals surface area (Å²) in [6.07, 6.45) is 8.53. The number of amides is 1. The number of hydrogen-bond acceptors (Lipinski definition) is 6. The predicted molar refractivity (Wildman–Crippen MR) is 94.1 cm³/mol. The van der Waals surface area contributed by atoms with E-state index in [0.717, 1.165) is 19.3 Å². The van der Waals surface area contributed by atoms with Crippen LogP contribution in [0.2, 0.25) is 0 Å². The third-order valence-electron chi connectivity index (χ3n) is 5.39. The van der Waals surface area contributed by atoms with E-state index in [-0.39, 0.29) is 18.9 Å². The molecule has 1 amide bonds. The zero-order valence-corrected chi connectivity index (χ0v) is 14.9. The molecule has 3 rings (SSSR count). The molecule has 1 atom stereocenters. The minimum absolute atomic E-state index is 0.104. The summed E-state index contributed by atoms with van der Waals surface area (Å²) >= 11 is 0. The fourth-order valence-corrected chi connectivity index (χ4v) is 3.94. The van der Waals surface area contributed by atoms with Crippen molar-refractivity contribution in [2.45, 2.75) is 56.1 Å². The first kappa shape index (κ1) is 18.1. The van der Waals surface area contributed by atoms with Gasteiger partial charge in [0.2, 0.25) is 11.9 Å². The van der Waals surface area contributed by atoms with Crippen molar-refractivity contribution in [3.8, 4) is 0 Å². The van der Waals surface area contributed by atoms with Crippen molar-refractivity contribution in [3.63, 3.8) is 0 Å². The van der Waals surface area contributed by atoms with Gasteiger partial charge in [-0.3, -0.25) is 4.79 Å². The summed E-state index contributed by atoms with van der Waals surface area (Å²) in [4.78, 5) is 24.4. The van der Waals surface area contributed by atoms with Gasteiger partial charge >= 0.3 is 0 Å². The molecule has 1 aliphatic carbocycles. The summed E-state index contributed by atoms with van der Waals surface area (Å²) in [5.41, 5.74) is -1.84. The SMILES string of the molecule is CN(CC1(O)CCN(c2ncccn2)C1)C(=O)CC1(O)CCCCC1. The maximum Gasteiger partial charge on any atom is 0.225 e. The lowest BCUT2D eigenvalue weighted by atomic mass is 9.82. The molecule has 7 nitrogen and oxygen atoms in total. The van der Waals surface area contributed by atoms with E-state index in [4.69, 9.17) is 0 Å². The first-order chi connectivity index (χ1) is 11.9. The van der Waals surface area contributed by atoms with Crippen molar-refractivity contribution in [2.75, 3.05) is 31.6 Å².